The molecule has 1 aromatic heterocycles. The zero-order valence-corrected chi connectivity index (χ0v) is 13.6. The molecule has 0 fully saturated rings. The monoisotopic (exact) mass is 336 g/mol. The second-order valence-electron chi connectivity index (χ2n) is 4.62. The number of aromatic nitrogens is 2. The van der Waals surface area contributed by atoms with Crippen LogP contribution in [0.4, 0.5) is 5.69 Å². The first-order valence-electron chi connectivity index (χ1n) is 7.01. The van der Waals surface area contributed by atoms with Crippen molar-refractivity contribution in [3.63, 3.8) is 0 Å². The summed E-state index contributed by atoms with van der Waals surface area (Å²) in [5.74, 6) is -0.229. The lowest BCUT2D eigenvalue weighted by molar-refractivity contribution is -0.118. The Hall–Kier alpha value is -2.54. The highest BCUT2D eigenvalue weighted by atomic mass is 35.5. The van der Waals surface area contributed by atoms with E-state index in [1.807, 2.05) is 6.92 Å². The van der Waals surface area contributed by atoms with Crippen LogP contribution in [0.25, 0.3) is 0 Å². The summed E-state index contributed by atoms with van der Waals surface area (Å²) in [7, 11) is 1.50. The van der Waals surface area contributed by atoms with Gasteiger partial charge in [0.1, 0.15) is 5.75 Å². The van der Waals surface area contributed by atoms with Crippen LogP contribution in [-0.4, -0.2) is 35.2 Å². The minimum Gasteiger partial charge on any atom is -0.484 e. The van der Waals surface area contributed by atoms with Crippen LogP contribution in [0, 0.1) is 0 Å². The number of ether oxygens (including phenoxy) is 1. The molecule has 0 aliphatic rings. The average molecular weight is 337 g/mol. The molecule has 0 bridgehead atoms. The molecule has 2 amide bonds. The van der Waals surface area contributed by atoms with E-state index in [4.69, 9.17) is 16.3 Å². The number of benzene rings is 1. The van der Waals surface area contributed by atoms with Gasteiger partial charge in [-0.05, 0) is 31.2 Å². The predicted octanol–water partition coefficient (Wildman–Crippen LogP) is 1.93. The van der Waals surface area contributed by atoms with E-state index in [0.29, 0.717) is 23.0 Å². The van der Waals surface area contributed by atoms with Crippen molar-refractivity contribution in [1.29, 1.82) is 0 Å². The van der Waals surface area contributed by atoms with Gasteiger partial charge in [0.05, 0.1) is 5.69 Å². The summed E-state index contributed by atoms with van der Waals surface area (Å²) in [6, 6.07) is 6.68. The number of carbonyl (C=O) groups is 2. The number of hydrogen-bond acceptors (Lipinski definition) is 4. The number of rotatable bonds is 6. The molecule has 7 nitrogen and oxygen atoms in total. The molecule has 2 aromatic rings. The third-order valence-corrected chi connectivity index (χ3v) is 3.24. The summed E-state index contributed by atoms with van der Waals surface area (Å²) in [4.78, 5) is 23.8. The van der Waals surface area contributed by atoms with Crippen molar-refractivity contribution >= 4 is 29.1 Å². The maximum atomic E-state index is 12.0. The van der Waals surface area contributed by atoms with Crippen LogP contribution < -0.4 is 15.4 Å². The minimum absolute atomic E-state index is 0.161. The van der Waals surface area contributed by atoms with Gasteiger partial charge in [0.25, 0.3) is 11.8 Å². The number of nitrogens with zero attached hydrogens (tertiary/aromatic N) is 2. The lowest BCUT2D eigenvalue weighted by atomic mass is 10.3. The normalized spacial score (nSPS) is 10.2. The average Bonchev–Trinajstić information content (AvgIpc) is 2.96. The Morgan fingerprint density at radius 2 is 2.00 bits per heavy atom. The van der Waals surface area contributed by atoms with Crippen LogP contribution in [0.5, 0.6) is 5.75 Å². The highest BCUT2D eigenvalue weighted by Crippen LogP contribution is 2.16. The number of amides is 2. The van der Waals surface area contributed by atoms with Gasteiger partial charge in [0.2, 0.25) is 0 Å². The zero-order valence-electron chi connectivity index (χ0n) is 12.8. The molecule has 2 N–H and O–H groups in total. The Labute approximate surface area is 138 Å². The maximum absolute atomic E-state index is 12.0. The van der Waals surface area contributed by atoms with Gasteiger partial charge in [-0.15, -0.1) is 0 Å². The molecule has 8 heteroatoms. The molecule has 122 valence electrons. The van der Waals surface area contributed by atoms with Crippen LogP contribution in [0.2, 0.25) is 5.02 Å². The number of hydrogen-bond donors (Lipinski definition) is 2. The molecule has 0 aliphatic carbocycles. The quantitative estimate of drug-likeness (QED) is 0.844. The van der Waals surface area contributed by atoms with E-state index in [1.165, 1.54) is 7.05 Å². The second kappa shape index (κ2) is 7.64. The van der Waals surface area contributed by atoms with Crippen molar-refractivity contribution in [1.82, 2.24) is 15.1 Å². The maximum Gasteiger partial charge on any atom is 0.273 e. The van der Waals surface area contributed by atoms with Gasteiger partial charge in [-0.3, -0.25) is 14.3 Å². The fourth-order valence-corrected chi connectivity index (χ4v) is 1.95. The van der Waals surface area contributed by atoms with Crippen molar-refractivity contribution in [2.75, 3.05) is 19.0 Å². The highest BCUT2D eigenvalue weighted by Gasteiger charge is 2.17. The molecule has 0 unspecified atom stereocenters. The van der Waals surface area contributed by atoms with Crippen LogP contribution in [0.15, 0.2) is 30.5 Å². The Morgan fingerprint density at radius 1 is 1.30 bits per heavy atom. The Morgan fingerprint density at radius 3 is 2.61 bits per heavy atom. The van der Waals surface area contributed by atoms with Crippen LogP contribution >= 0.6 is 11.6 Å². The van der Waals surface area contributed by atoms with Crippen molar-refractivity contribution in [2.24, 2.45) is 0 Å². The summed E-state index contributed by atoms with van der Waals surface area (Å²) in [5, 5.41) is 9.82. The topological polar surface area (TPSA) is 85.2 Å². The Kier molecular flexibility index (Phi) is 5.59. The first-order chi connectivity index (χ1) is 11.0. The third kappa shape index (κ3) is 4.46. The first-order valence-corrected chi connectivity index (χ1v) is 7.39. The fourth-order valence-electron chi connectivity index (χ4n) is 1.83. The van der Waals surface area contributed by atoms with E-state index >= 15 is 0 Å². The molecule has 0 radical (unpaired) electrons. The van der Waals surface area contributed by atoms with E-state index < -0.39 is 0 Å². The molecule has 0 aliphatic heterocycles. The van der Waals surface area contributed by atoms with Gasteiger partial charge in [-0.2, -0.15) is 5.10 Å². The fraction of sp³-hybridized carbons (Fsp3) is 0.267. The van der Waals surface area contributed by atoms with Gasteiger partial charge < -0.3 is 15.4 Å². The predicted molar refractivity (Wildman–Crippen MR) is 86.9 cm³/mol. The smallest absolute Gasteiger partial charge is 0.273 e. The van der Waals surface area contributed by atoms with E-state index in [2.05, 4.69) is 15.7 Å². The van der Waals surface area contributed by atoms with E-state index in [1.54, 1.807) is 35.1 Å². The van der Waals surface area contributed by atoms with Crippen molar-refractivity contribution in [3.8, 4) is 5.75 Å². The molecule has 0 saturated carbocycles. The van der Waals surface area contributed by atoms with Gasteiger partial charge in [-0.25, -0.2) is 0 Å². The van der Waals surface area contributed by atoms with Crippen molar-refractivity contribution in [3.05, 3.63) is 41.2 Å². The highest BCUT2D eigenvalue weighted by molar-refractivity contribution is 6.30. The summed E-state index contributed by atoms with van der Waals surface area (Å²) < 4.78 is 6.93. The molecule has 2 rings (SSSR count). The number of nitrogens with one attached hydrogen (secondary N) is 2. The van der Waals surface area contributed by atoms with Gasteiger partial charge in [0, 0.05) is 24.8 Å². The summed E-state index contributed by atoms with van der Waals surface area (Å²) in [6.45, 7) is 2.28. The largest absolute Gasteiger partial charge is 0.484 e. The number of halogens is 1. The third-order valence-electron chi connectivity index (χ3n) is 2.99. The Bertz CT molecular complexity index is 697. The lowest BCUT2D eigenvalue weighted by Crippen LogP contribution is -2.24. The zero-order chi connectivity index (χ0) is 16.8. The van der Waals surface area contributed by atoms with Crippen LogP contribution in [0.3, 0.4) is 0 Å². The number of anilines is 1. The van der Waals surface area contributed by atoms with Crippen LogP contribution in [-0.2, 0) is 11.3 Å². The molecule has 0 saturated heterocycles. The van der Waals surface area contributed by atoms with Crippen molar-refractivity contribution < 1.29 is 14.3 Å². The van der Waals surface area contributed by atoms with Gasteiger partial charge in [-0.1, -0.05) is 11.6 Å². The molecular formula is C15H17ClN4O3. The number of aryl methyl sites for hydroxylation is 1. The summed E-state index contributed by atoms with van der Waals surface area (Å²) in [6.07, 6.45) is 1.60. The summed E-state index contributed by atoms with van der Waals surface area (Å²) >= 11 is 5.78. The van der Waals surface area contributed by atoms with Crippen LogP contribution in [0.1, 0.15) is 17.4 Å². The molecule has 0 atom stereocenters. The number of carbonyl (C=O) groups excluding carboxylic acids is 2. The standard InChI is InChI=1S/C15H17ClN4O3/c1-3-20-8-12(14(19-20)15(22)17-2)18-13(21)9-23-11-6-4-10(16)5-7-11/h4-8H,3,9H2,1-2H3,(H,17,22)(H,18,21). The molecule has 1 aromatic carbocycles. The van der Waals surface area contributed by atoms with Gasteiger partial charge in [0.15, 0.2) is 12.3 Å². The van der Waals surface area contributed by atoms with Gasteiger partial charge >= 0.3 is 0 Å². The van der Waals surface area contributed by atoms with E-state index in [9.17, 15) is 9.59 Å². The lowest BCUT2D eigenvalue weighted by Gasteiger charge is -2.07. The summed E-state index contributed by atoms with van der Waals surface area (Å²) in [5.41, 5.74) is 0.505. The molecule has 23 heavy (non-hydrogen) atoms. The molecular weight excluding hydrogens is 320 g/mol. The Balaban J connectivity index is 2.00. The molecule has 0 spiro atoms. The minimum atomic E-state index is -0.388. The van der Waals surface area contributed by atoms with Crippen molar-refractivity contribution in [2.45, 2.75) is 13.5 Å². The van der Waals surface area contributed by atoms with E-state index in [0.717, 1.165) is 0 Å². The second-order valence-corrected chi connectivity index (χ2v) is 5.05. The first kappa shape index (κ1) is 16.8. The SMILES string of the molecule is CCn1cc(NC(=O)COc2ccc(Cl)cc2)c(C(=O)NC)n1. The molecule has 1 heterocycles. The van der Waals surface area contributed by atoms with E-state index in [-0.39, 0.29) is 24.1 Å².